The van der Waals surface area contributed by atoms with Crippen molar-refractivity contribution < 1.29 is 9.53 Å². The smallest absolute Gasteiger partial charge is 0.356 e. The number of pyridine rings is 1. The van der Waals surface area contributed by atoms with Gasteiger partial charge in [0.2, 0.25) is 0 Å². The van der Waals surface area contributed by atoms with Crippen LogP contribution < -0.4 is 15.9 Å². The third-order valence-electron chi connectivity index (χ3n) is 7.02. The highest BCUT2D eigenvalue weighted by Gasteiger charge is 2.29. The topological polar surface area (TPSA) is 56.0 Å². The fourth-order valence-electron chi connectivity index (χ4n) is 5.14. The maximum atomic E-state index is 13.8. The Balaban J connectivity index is 1.73. The van der Waals surface area contributed by atoms with Gasteiger partial charge in [0.05, 0.1) is 25.0 Å². The molecule has 0 fully saturated rings. The van der Waals surface area contributed by atoms with Crippen molar-refractivity contribution in [3.8, 4) is 11.3 Å². The number of imidazole rings is 1. The minimum absolute atomic E-state index is 0.234. The van der Waals surface area contributed by atoms with Gasteiger partial charge in [0.25, 0.3) is 0 Å². The van der Waals surface area contributed by atoms with Crippen LogP contribution >= 0.6 is 7.05 Å². The van der Waals surface area contributed by atoms with Gasteiger partial charge >= 0.3 is 5.97 Å². The molecule has 0 atom stereocenters. The van der Waals surface area contributed by atoms with Gasteiger partial charge in [0.1, 0.15) is 11.3 Å². The fourth-order valence-corrected chi connectivity index (χ4v) is 8.65. The molecule has 0 spiro atoms. The highest BCUT2D eigenvalue weighted by Crippen LogP contribution is 2.48. The van der Waals surface area contributed by atoms with Crippen molar-refractivity contribution in [2.24, 2.45) is 4.74 Å². The van der Waals surface area contributed by atoms with Crippen LogP contribution in [0.15, 0.2) is 156 Å². The first-order valence-corrected chi connectivity index (χ1v) is 15.7. The third-order valence-corrected chi connectivity index (χ3v) is 10.7. The number of nitrogens with zero attached hydrogens (tertiary/aromatic N) is 3. The first kappa shape index (κ1) is 27.2. The summed E-state index contributed by atoms with van der Waals surface area (Å²) in [6.07, 6.45) is 3.79. The number of benzene rings is 4. The molecule has 0 unspecified atom stereocenters. The zero-order valence-electron chi connectivity index (χ0n) is 23.2. The van der Waals surface area contributed by atoms with Crippen molar-refractivity contribution in [2.45, 2.75) is 6.92 Å². The average molecular weight is 568 g/mol. The Bertz CT molecular complexity index is 1800. The maximum Gasteiger partial charge on any atom is 0.356 e. The molecular weight excluding hydrogens is 537 g/mol. The van der Waals surface area contributed by atoms with Gasteiger partial charge < -0.3 is 4.74 Å². The summed E-state index contributed by atoms with van der Waals surface area (Å²) in [6, 6.07) is 46.6. The van der Waals surface area contributed by atoms with Crippen LogP contribution in [0.5, 0.6) is 0 Å². The summed E-state index contributed by atoms with van der Waals surface area (Å²) in [5.41, 5.74) is 3.49. The first-order chi connectivity index (χ1) is 20.7. The Kier molecular flexibility index (Phi) is 7.94. The Morgan fingerprint density at radius 1 is 0.738 bits per heavy atom. The highest BCUT2D eigenvalue weighted by atomic mass is 31.2. The molecule has 0 amide bonds. The largest absolute Gasteiger partial charge is 0.461 e. The number of ether oxygens (including phenoxy) is 1. The minimum Gasteiger partial charge on any atom is -0.461 e. The van der Waals surface area contributed by atoms with Crippen molar-refractivity contribution in [2.75, 3.05) is 6.61 Å². The molecule has 42 heavy (non-hydrogen) atoms. The molecule has 2 aromatic heterocycles. The van der Waals surface area contributed by atoms with E-state index in [9.17, 15) is 4.79 Å². The second-order valence-corrected chi connectivity index (χ2v) is 12.7. The van der Waals surface area contributed by atoms with Crippen LogP contribution in [0.1, 0.15) is 12.6 Å². The molecule has 0 aliphatic heterocycles. The van der Waals surface area contributed by atoms with Crippen LogP contribution in [0, 0.1) is 0 Å². The van der Waals surface area contributed by atoms with E-state index in [-0.39, 0.29) is 12.3 Å². The zero-order valence-corrected chi connectivity index (χ0v) is 24.1. The maximum absolute atomic E-state index is 13.8. The summed E-state index contributed by atoms with van der Waals surface area (Å²) < 4.78 is 13.2. The average Bonchev–Trinajstić information content (AvgIpc) is 3.43. The molecule has 6 heteroatoms. The number of aromatic nitrogens is 2. The second kappa shape index (κ2) is 12.3. The van der Waals surface area contributed by atoms with E-state index in [0.717, 1.165) is 38.5 Å². The van der Waals surface area contributed by atoms with E-state index in [1.54, 1.807) is 0 Å². The minimum atomic E-state index is -2.73. The molecule has 0 N–H and O–H groups in total. The van der Waals surface area contributed by atoms with E-state index in [2.05, 4.69) is 36.4 Å². The summed E-state index contributed by atoms with van der Waals surface area (Å²) >= 11 is 0. The molecule has 0 saturated heterocycles. The van der Waals surface area contributed by atoms with E-state index < -0.39 is 13.0 Å². The lowest BCUT2D eigenvalue weighted by Crippen LogP contribution is -2.26. The zero-order chi connectivity index (χ0) is 28.8. The molecule has 0 bridgehead atoms. The van der Waals surface area contributed by atoms with E-state index in [1.165, 1.54) is 0 Å². The number of carbonyl (C=O) groups is 1. The lowest BCUT2D eigenvalue weighted by molar-refractivity contribution is -0.138. The quantitative estimate of drug-likeness (QED) is 0.112. The van der Waals surface area contributed by atoms with Gasteiger partial charge in [-0.3, -0.25) is 4.40 Å². The Morgan fingerprint density at radius 3 is 1.76 bits per heavy atom. The highest BCUT2D eigenvalue weighted by molar-refractivity contribution is 7.87. The number of hydrogen-bond acceptors (Lipinski definition) is 4. The predicted octanol–water partition coefficient (Wildman–Crippen LogP) is 7.08. The molecule has 206 valence electrons. The van der Waals surface area contributed by atoms with E-state index in [1.807, 2.05) is 127 Å². The third kappa shape index (κ3) is 5.23. The normalized spacial score (nSPS) is 11.8. The van der Waals surface area contributed by atoms with Gasteiger partial charge in [0, 0.05) is 27.7 Å². The fraction of sp³-hybridized carbons (Fsp3) is 0.0556. The Hall–Kier alpha value is -4.99. The van der Waals surface area contributed by atoms with Gasteiger partial charge in [-0.2, -0.15) is 0 Å². The molecule has 4 aromatic carbocycles. The molecule has 0 saturated carbocycles. The van der Waals surface area contributed by atoms with Crippen molar-refractivity contribution in [3.05, 3.63) is 157 Å². The summed E-state index contributed by atoms with van der Waals surface area (Å²) in [4.78, 5) is 18.8. The number of fused-ring (bicyclic) bond motifs is 1. The molecule has 5 nitrogen and oxygen atoms in total. The number of hydrogen-bond donors (Lipinski definition) is 0. The summed E-state index contributed by atoms with van der Waals surface area (Å²) in [7, 11) is -2.73. The van der Waals surface area contributed by atoms with Gasteiger partial charge in [-0.1, -0.05) is 127 Å². The summed E-state index contributed by atoms with van der Waals surface area (Å²) in [6.45, 7) is 2.05. The van der Waals surface area contributed by atoms with Gasteiger partial charge in [0.15, 0.2) is 0 Å². The molecule has 6 aromatic rings. The van der Waals surface area contributed by atoms with Crippen molar-refractivity contribution in [1.29, 1.82) is 0 Å². The van der Waals surface area contributed by atoms with Gasteiger partial charge in [-0.05, 0) is 25.1 Å². The van der Waals surface area contributed by atoms with Gasteiger partial charge in [-0.25, -0.2) is 14.5 Å². The van der Waals surface area contributed by atoms with Crippen LogP contribution in [-0.2, 0) is 9.53 Å². The summed E-state index contributed by atoms with van der Waals surface area (Å²) in [5, 5.41) is 3.12. The lowest BCUT2D eigenvalue weighted by Gasteiger charge is -2.27. The molecule has 0 aliphatic carbocycles. The molecule has 0 radical (unpaired) electrons. The summed E-state index contributed by atoms with van der Waals surface area (Å²) in [5.74, 6) is -0.477. The molecular formula is C36H30N3O2P. The standard InChI is InChI=1S/C36H30N3O2P/c1-2-41-36(40)32(27-33-35(28-17-7-3-8-18-28)37-34-25-15-16-26-39(33)34)38-42(29-19-9-4-10-20-29,30-21-11-5-12-22-30)31-23-13-6-14-24-31/h3-27H,2H2,1H3/b32-27-. The van der Waals surface area contributed by atoms with Crippen molar-refractivity contribution in [1.82, 2.24) is 9.38 Å². The number of esters is 1. The lowest BCUT2D eigenvalue weighted by atomic mass is 10.1. The van der Waals surface area contributed by atoms with E-state index >= 15 is 0 Å². The van der Waals surface area contributed by atoms with Crippen LogP contribution in [0.25, 0.3) is 23.0 Å². The second-order valence-electron chi connectivity index (χ2n) is 9.63. The molecule has 6 rings (SSSR count). The molecule has 2 heterocycles. The monoisotopic (exact) mass is 567 g/mol. The van der Waals surface area contributed by atoms with E-state index in [0.29, 0.717) is 0 Å². The Labute approximate surface area is 245 Å². The van der Waals surface area contributed by atoms with Crippen LogP contribution in [-0.4, -0.2) is 22.0 Å². The van der Waals surface area contributed by atoms with Crippen molar-refractivity contribution >= 4 is 40.7 Å². The van der Waals surface area contributed by atoms with Crippen LogP contribution in [0.2, 0.25) is 0 Å². The van der Waals surface area contributed by atoms with Gasteiger partial charge in [-0.15, -0.1) is 0 Å². The van der Waals surface area contributed by atoms with Crippen LogP contribution in [0.4, 0.5) is 0 Å². The SMILES string of the molecule is CCOC(=O)/C(=C/c1c(-c2ccccc2)nc2ccccn12)N=P(c1ccccc1)(c1ccccc1)c1ccccc1. The van der Waals surface area contributed by atoms with Crippen molar-refractivity contribution in [3.63, 3.8) is 0 Å². The Morgan fingerprint density at radius 2 is 1.24 bits per heavy atom. The van der Waals surface area contributed by atoms with Crippen LogP contribution in [0.3, 0.4) is 0 Å². The number of rotatable bonds is 8. The van der Waals surface area contributed by atoms with E-state index in [4.69, 9.17) is 14.5 Å². The predicted molar refractivity (Wildman–Crippen MR) is 173 cm³/mol. The number of carbonyl (C=O) groups excluding carboxylic acids is 1. The molecule has 0 aliphatic rings. The first-order valence-electron chi connectivity index (χ1n) is 13.9.